The van der Waals surface area contributed by atoms with Gasteiger partial charge in [0.05, 0.1) is 0 Å². The van der Waals surface area contributed by atoms with Crippen LogP contribution in [0.2, 0.25) is 0 Å². The van der Waals surface area contributed by atoms with Gasteiger partial charge in [0, 0.05) is 0 Å². The van der Waals surface area contributed by atoms with Crippen molar-refractivity contribution in [1.29, 1.82) is 0 Å². The summed E-state index contributed by atoms with van der Waals surface area (Å²) in [4.78, 5) is 10.8. The highest BCUT2D eigenvalue weighted by atomic mass is 16.4. The molecule has 3 heteroatoms. The molecule has 0 spiro atoms. The lowest BCUT2D eigenvalue weighted by Crippen LogP contribution is -2.36. The number of allylic oxidation sites excluding steroid dienone is 1. The average Bonchev–Trinajstić information content (AvgIpc) is 1.98. The van der Waals surface area contributed by atoms with E-state index < -0.39 is 12.0 Å². The SMILES string of the molecule is CC1C=C(C(N)C(=O)O)CC(C)(C)C1. The highest BCUT2D eigenvalue weighted by molar-refractivity contribution is 5.77. The molecule has 0 bridgehead atoms. The fourth-order valence-corrected chi connectivity index (χ4v) is 2.35. The van der Waals surface area contributed by atoms with Crippen LogP contribution in [-0.4, -0.2) is 17.1 Å². The van der Waals surface area contributed by atoms with E-state index in [1.165, 1.54) is 0 Å². The first-order chi connectivity index (χ1) is 6.32. The van der Waals surface area contributed by atoms with E-state index in [9.17, 15) is 4.79 Å². The minimum Gasteiger partial charge on any atom is -0.480 e. The minimum absolute atomic E-state index is 0.177. The normalized spacial score (nSPS) is 28.0. The van der Waals surface area contributed by atoms with Crippen LogP contribution in [0, 0.1) is 11.3 Å². The van der Waals surface area contributed by atoms with Crippen LogP contribution >= 0.6 is 0 Å². The van der Waals surface area contributed by atoms with Crippen LogP contribution in [-0.2, 0) is 4.79 Å². The predicted octanol–water partition coefficient (Wildman–Crippen LogP) is 1.78. The molecule has 14 heavy (non-hydrogen) atoms. The zero-order valence-electron chi connectivity index (χ0n) is 9.08. The standard InChI is InChI=1S/C11H19NO2/c1-7-4-8(9(12)10(13)14)6-11(2,3)5-7/h4,7,9H,5-6,12H2,1-3H3,(H,13,14). The molecule has 3 nitrogen and oxygen atoms in total. The van der Waals surface area contributed by atoms with Gasteiger partial charge in [0.25, 0.3) is 0 Å². The lowest BCUT2D eigenvalue weighted by Gasteiger charge is -2.34. The first kappa shape index (κ1) is 11.2. The predicted molar refractivity (Wildman–Crippen MR) is 55.9 cm³/mol. The number of carboxylic acid groups (broad SMARTS) is 1. The van der Waals surface area contributed by atoms with Gasteiger partial charge in [-0.25, -0.2) is 0 Å². The minimum atomic E-state index is -0.929. The first-order valence-electron chi connectivity index (χ1n) is 5.01. The fraction of sp³-hybridized carbons (Fsp3) is 0.727. The molecule has 0 saturated heterocycles. The van der Waals surface area contributed by atoms with Crippen molar-refractivity contribution in [2.45, 2.75) is 39.7 Å². The molecule has 0 aromatic carbocycles. The van der Waals surface area contributed by atoms with Crippen molar-refractivity contribution in [3.8, 4) is 0 Å². The van der Waals surface area contributed by atoms with Crippen LogP contribution in [0.5, 0.6) is 0 Å². The van der Waals surface area contributed by atoms with Crippen LogP contribution in [0.4, 0.5) is 0 Å². The molecule has 0 saturated carbocycles. The van der Waals surface area contributed by atoms with Crippen LogP contribution < -0.4 is 5.73 Å². The summed E-state index contributed by atoms with van der Waals surface area (Å²) in [5.41, 5.74) is 6.66. The largest absolute Gasteiger partial charge is 0.480 e. The van der Waals surface area contributed by atoms with E-state index in [0.29, 0.717) is 5.92 Å². The Balaban J connectivity index is 2.84. The van der Waals surface area contributed by atoms with Crippen molar-refractivity contribution in [3.05, 3.63) is 11.6 Å². The Labute approximate surface area is 85.0 Å². The molecule has 0 heterocycles. The molecule has 0 amide bonds. The fourth-order valence-electron chi connectivity index (χ4n) is 2.35. The zero-order chi connectivity index (χ0) is 10.9. The summed E-state index contributed by atoms with van der Waals surface area (Å²) in [6, 6.07) is -0.822. The lowest BCUT2D eigenvalue weighted by atomic mass is 9.72. The van der Waals surface area contributed by atoms with Crippen LogP contribution in [0.3, 0.4) is 0 Å². The van der Waals surface area contributed by atoms with Gasteiger partial charge in [-0.3, -0.25) is 4.79 Å². The van der Waals surface area contributed by atoms with Crippen molar-refractivity contribution in [2.75, 3.05) is 0 Å². The van der Waals surface area contributed by atoms with Gasteiger partial charge in [0.1, 0.15) is 6.04 Å². The van der Waals surface area contributed by atoms with Crippen molar-refractivity contribution >= 4 is 5.97 Å². The molecular formula is C11H19NO2. The third-order valence-corrected chi connectivity index (χ3v) is 2.72. The van der Waals surface area contributed by atoms with Crippen molar-refractivity contribution in [3.63, 3.8) is 0 Å². The molecule has 3 N–H and O–H groups in total. The molecule has 0 aliphatic heterocycles. The Bertz CT molecular complexity index is 268. The van der Waals surface area contributed by atoms with Gasteiger partial charge >= 0.3 is 5.97 Å². The van der Waals surface area contributed by atoms with Crippen LogP contribution in [0.1, 0.15) is 33.6 Å². The van der Waals surface area contributed by atoms with Gasteiger partial charge in [-0.05, 0) is 29.7 Å². The highest BCUT2D eigenvalue weighted by Crippen LogP contribution is 2.38. The second-order valence-electron chi connectivity index (χ2n) is 5.08. The smallest absolute Gasteiger partial charge is 0.324 e. The third kappa shape index (κ3) is 2.58. The van der Waals surface area contributed by atoms with Gasteiger partial charge in [0.2, 0.25) is 0 Å². The average molecular weight is 197 g/mol. The van der Waals surface area contributed by atoms with E-state index >= 15 is 0 Å². The number of aliphatic carboxylic acids is 1. The Hall–Kier alpha value is -0.830. The maximum Gasteiger partial charge on any atom is 0.324 e. The topological polar surface area (TPSA) is 63.3 Å². The van der Waals surface area contributed by atoms with Gasteiger partial charge in [-0.15, -0.1) is 0 Å². The summed E-state index contributed by atoms with van der Waals surface area (Å²) >= 11 is 0. The van der Waals surface area contributed by atoms with E-state index in [1.807, 2.05) is 6.08 Å². The van der Waals surface area contributed by atoms with E-state index in [-0.39, 0.29) is 5.41 Å². The Morgan fingerprint density at radius 3 is 2.71 bits per heavy atom. The maximum atomic E-state index is 10.8. The quantitative estimate of drug-likeness (QED) is 0.663. The Morgan fingerprint density at radius 2 is 2.29 bits per heavy atom. The second kappa shape index (κ2) is 3.73. The molecule has 0 radical (unpaired) electrons. The molecule has 80 valence electrons. The maximum absolute atomic E-state index is 10.8. The molecule has 2 atom stereocenters. The molecule has 1 aliphatic carbocycles. The number of nitrogens with two attached hydrogens (primary N) is 1. The van der Waals surface area contributed by atoms with Crippen LogP contribution in [0.15, 0.2) is 11.6 Å². The molecule has 1 rings (SSSR count). The third-order valence-electron chi connectivity index (χ3n) is 2.72. The molecule has 0 aromatic heterocycles. The molecule has 0 aromatic rings. The van der Waals surface area contributed by atoms with E-state index in [4.69, 9.17) is 10.8 Å². The van der Waals surface area contributed by atoms with E-state index in [1.54, 1.807) is 0 Å². The summed E-state index contributed by atoms with van der Waals surface area (Å²) in [5.74, 6) is -0.500. The molecular weight excluding hydrogens is 178 g/mol. The Morgan fingerprint density at radius 1 is 1.71 bits per heavy atom. The molecule has 1 aliphatic rings. The van der Waals surface area contributed by atoms with E-state index in [0.717, 1.165) is 18.4 Å². The van der Waals surface area contributed by atoms with Gasteiger partial charge in [-0.2, -0.15) is 0 Å². The lowest BCUT2D eigenvalue weighted by molar-refractivity contribution is -0.137. The summed E-state index contributed by atoms with van der Waals surface area (Å²) < 4.78 is 0. The molecule has 2 unspecified atom stereocenters. The summed E-state index contributed by atoms with van der Waals surface area (Å²) in [7, 11) is 0. The number of carboxylic acids is 1. The monoisotopic (exact) mass is 197 g/mol. The van der Waals surface area contributed by atoms with Crippen molar-refractivity contribution < 1.29 is 9.90 Å². The van der Waals surface area contributed by atoms with Crippen LogP contribution in [0.25, 0.3) is 0 Å². The van der Waals surface area contributed by atoms with Crippen molar-refractivity contribution in [2.24, 2.45) is 17.1 Å². The van der Waals surface area contributed by atoms with E-state index in [2.05, 4.69) is 20.8 Å². The van der Waals surface area contributed by atoms with Crippen molar-refractivity contribution in [1.82, 2.24) is 0 Å². The summed E-state index contributed by atoms with van der Waals surface area (Å²) in [5, 5.41) is 8.82. The van der Waals surface area contributed by atoms with Gasteiger partial charge < -0.3 is 10.8 Å². The first-order valence-corrected chi connectivity index (χ1v) is 5.01. The number of carbonyl (C=O) groups is 1. The zero-order valence-corrected chi connectivity index (χ0v) is 9.08. The second-order valence-corrected chi connectivity index (χ2v) is 5.08. The Kier molecular flexibility index (Phi) is 3.00. The van der Waals surface area contributed by atoms with Gasteiger partial charge in [-0.1, -0.05) is 26.8 Å². The van der Waals surface area contributed by atoms with Gasteiger partial charge in [0.15, 0.2) is 0 Å². The number of hydrogen-bond acceptors (Lipinski definition) is 2. The number of hydrogen-bond donors (Lipinski definition) is 2. The summed E-state index contributed by atoms with van der Waals surface area (Å²) in [6.45, 7) is 6.42. The number of rotatable bonds is 2. The summed E-state index contributed by atoms with van der Waals surface area (Å²) in [6.07, 6.45) is 3.91. The molecule has 0 fully saturated rings. The highest BCUT2D eigenvalue weighted by Gasteiger charge is 2.30.